The van der Waals surface area contributed by atoms with Crippen molar-refractivity contribution < 1.29 is 5.11 Å². The molecular formula is C13H23N3O. The van der Waals surface area contributed by atoms with Crippen LogP contribution in [-0.4, -0.2) is 40.5 Å². The van der Waals surface area contributed by atoms with Gasteiger partial charge in [-0.15, -0.1) is 0 Å². The summed E-state index contributed by atoms with van der Waals surface area (Å²) in [4.78, 5) is 2.30. The van der Waals surface area contributed by atoms with E-state index in [4.69, 9.17) is 5.84 Å². The molecule has 4 nitrogen and oxygen atoms in total. The van der Waals surface area contributed by atoms with Gasteiger partial charge in [-0.2, -0.15) is 5.10 Å². The van der Waals surface area contributed by atoms with Crippen molar-refractivity contribution in [3.63, 3.8) is 0 Å². The summed E-state index contributed by atoms with van der Waals surface area (Å²) in [7, 11) is 0. The van der Waals surface area contributed by atoms with Gasteiger partial charge < -0.3 is 10.9 Å². The molecule has 17 heavy (non-hydrogen) atoms. The van der Waals surface area contributed by atoms with Crippen LogP contribution in [0.1, 0.15) is 34.1 Å². The Balaban J connectivity index is 2.58. The van der Waals surface area contributed by atoms with Crippen molar-refractivity contribution in [2.45, 2.75) is 45.8 Å². The maximum atomic E-state index is 9.52. The first-order chi connectivity index (χ1) is 7.83. The molecule has 0 spiro atoms. The minimum atomic E-state index is -0.908. The molecule has 1 fully saturated rings. The molecule has 0 amide bonds. The molecule has 1 aliphatic rings. The lowest BCUT2D eigenvalue weighted by atomic mass is 9.93. The van der Waals surface area contributed by atoms with Crippen molar-refractivity contribution >= 4 is 5.71 Å². The molecule has 1 aliphatic heterocycles. The van der Waals surface area contributed by atoms with Crippen molar-refractivity contribution in [2.24, 2.45) is 16.9 Å². The third kappa shape index (κ3) is 4.37. The van der Waals surface area contributed by atoms with E-state index >= 15 is 0 Å². The van der Waals surface area contributed by atoms with Gasteiger partial charge >= 0.3 is 0 Å². The molecule has 3 N–H and O–H groups in total. The summed E-state index contributed by atoms with van der Waals surface area (Å²) in [6.45, 7) is 9.30. The fourth-order valence-corrected chi connectivity index (χ4v) is 2.03. The lowest BCUT2D eigenvalue weighted by molar-refractivity contribution is 0.143. The Morgan fingerprint density at radius 1 is 1.53 bits per heavy atom. The molecule has 0 radical (unpaired) electrons. The lowest BCUT2D eigenvalue weighted by Gasteiger charge is -2.36. The van der Waals surface area contributed by atoms with E-state index in [9.17, 15) is 5.11 Å². The van der Waals surface area contributed by atoms with Crippen LogP contribution in [0.25, 0.3) is 0 Å². The molecule has 1 saturated heterocycles. The van der Waals surface area contributed by atoms with Crippen LogP contribution < -0.4 is 5.84 Å². The monoisotopic (exact) mass is 237 g/mol. The molecule has 0 aliphatic carbocycles. The van der Waals surface area contributed by atoms with Gasteiger partial charge in [0.05, 0.1) is 6.54 Å². The van der Waals surface area contributed by atoms with Crippen LogP contribution in [0.3, 0.4) is 0 Å². The number of nitrogens with two attached hydrogens (primary N) is 1. The molecular weight excluding hydrogens is 214 g/mol. The topological polar surface area (TPSA) is 61.8 Å². The van der Waals surface area contributed by atoms with Gasteiger partial charge in [-0.3, -0.25) is 4.90 Å². The van der Waals surface area contributed by atoms with Gasteiger partial charge in [0.2, 0.25) is 0 Å². The summed E-state index contributed by atoms with van der Waals surface area (Å²) >= 11 is 0. The maximum absolute atomic E-state index is 9.52. The fraction of sp³-hybridized carbons (Fsp3) is 0.769. The Bertz CT molecular complexity index is 346. The number of likely N-dealkylation sites (tertiary alicyclic amines) is 1. The second-order valence-corrected chi connectivity index (χ2v) is 5.36. The molecule has 0 aromatic rings. The SMILES string of the molecule is CC1CN(CC#CC(C)(C)O)C(C)C/C1=N/N. The molecule has 0 bridgehead atoms. The molecule has 1 rings (SSSR count). The first-order valence-electron chi connectivity index (χ1n) is 6.06. The highest BCUT2D eigenvalue weighted by molar-refractivity contribution is 5.87. The van der Waals surface area contributed by atoms with Crippen LogP contribution in [0.4, 0.5) is 0 Å². The molecule has 4 heteroatoms. The van der Waals surface area contributed by atoms with Gasteiger partial charge in [0.25, 0.3) is 0 Å². The highest BCUT2D eigenvalue weighted by Crippen LogP contribution is 2.18. The first-order valence-corrected chi connectivity index (χ1v) is 6.06. The zero-order valence-electron chi connectivity index (χ0n) is 11.2. The van der Waals surface area contributed by atoms with Crippen molar-refractivity contribution in [3.05, 3.63) is 0 Å². The van der Waals surface area contributed by atoms with Gasteiger partial charge in [-0.1, -0.05) is 18.8 Å². The maximum Gasteiger partial charge on any atom is 0.120 e. The van der Waals surface area contributed by atoms with Crippen molar-refractivity contribution in [1.29, 1.82) is 0 Å². The second kappa shape index (κ2) is 5.52. The molecule has 2 atom stereocenters. The summed E-state index contributed by atoms with van der Waals surface area (Å²) in [6.07, 6.45) is 0.905. The van der Waals surface area contributed by atoms with Crippen molar-refractivity contribution in [3.8, 4) is 11.8 Å². The zero-order valence-corrected chi connectivity index (χ0v) is 11.2. The van der Waals surface area contributed by atoms with Gasteiger partial charge in [0, 0.05) is 30.6 Å². The second-order valence-electron chi connectivity index (χ2n) is 5.36. The molecule has 2 unspecified atom stereocenters. The van der Waals surface area contributed by atoms with E-state index in [2.05, 4.69) is 35.7 Å². The van der Waals surface area contributed by atoms with Crippen LogP contribution in [-0.2, 0) is 0 Å². The first kappa shape index (κ1) is 14.0. The average molecular weight is 237 g/mol. The van der Waals surface area contributed by atoms with E-state index in [0.29, 0.717) is 18.5 Å². The number of aliphatic hydroxyl groups is 1. The third-order valence-corrected chi connectivity index (χ3v) is 3.05. The Morgan fingerprint density at radius 2 is 2.18 bits per heavy atom. The predicted octanol–water partition coefficient (Wildman–Crippen LogP) is 0.806. The van der Waals surface area contributed by atoms with Gasteiger partial charge in [-0.05, 0) is 20.8 Å². The number of rotatable bonds is 1. The average Bonchev–Trinajstić information content (AvgIpc) is 2.20. The normalized spacial score (nSPS) is 28.9. The Kier molecular flexibility index (Phi) is 4.55. The number of hydrogen-bond acceptors (Lipinski definition) is 4. The van der Waals surface area contributed by atoms with Crippen LogP contribution in [0.15, 0.2) is 5.10 Å². The highest BCUT2D eigenvalue weighted by atomic mass is 16.3. The predicted molar refractivity (Wildman–Crippen MR) is 70.5 cm³/mol. The molecule has 96 valence electrons. The van der Waals surface area contributed by atoms with Crippen LogP contribution in [0, 0.1) is 17.8 Å². The highest BCUT2D eigenvalue weighted by Gasteiger charge is 2.27. The largest absolute Gasteiger partial charge is 0.378 e. The summed E-state index contributed by atoms with van der Waals surface area (Å²) in [6, 6.07) is 0.407. The van der Waals surface area contributed by atoms with Crippen LogP contribution >= 0.6 is 0 Å². The number of hydrazone groups is 1. The molecule has 0 aromatic carbocycles. The molecule has 1 heterocycles. The zero-order chi connectivity index (χ0) is 13.1. The van der Waals surface area contributed by atoms with Crippen molar-refractivity contribution in [1.82, 2.24) is 4.90 Å². The van der Waals surface area contributed by atoms with E-state index in [1.807, 2.05) is 0 Å². The smallest absolute Gasteiger partial charge is 0.120 e. The number of nitrogens with zero attached hydrogens (tertiary/aromatic N) is 2. The van der Waals surface area contributed by atoms with E-state index in [0.717, 1.165) is 18.7 Å². The minimum Gasteiger partial charge on any atom is -0.378 e. The summed E-state index contributed by atoms with van der Waals surface area (Å²) < 4.78 is 0. The number of hydrogen-bond donors (Lipinski definition) is 2. The van der Waals surface area contributed by atoms with E-state index in [1.54, 1.807) is 13.8 Å². The van der Waals surface area contributed by atoms with Crippen molar-refractivity contribution in [2.75, 3.05) is 13.1 Å². The van der Waals surface area contributed by atoms with Gasteiger partial charge in [0.1, 0.15) is 5.60 Å². The minimum absolute atomic E-state index is 0.389. The Morgan fingerprint density at radius 3 is 2.71 bits per heavy atom. The number of piperidine rings is 1. The molecule has 0 saturated carbocycles. The van der Waals surface area contributed by atoms with Crippen LogP contribution in [0.5, 0.6) is 0 Å². The fourth-order valence-electron chi connectivity index (χ4n) is 2.03. The Hall–Kier alpha value is -1.05. The van der Waals surface area contributed by atoms with Gasteiger partial charge in [0.15, 0.2) is 0 Å². The summed E-state index contributed by atoms with van der Waals surface area (Å²) in [5.41, 5.74) is 0.179. The quantitative estimate of drug-likeness (QED) is 0.403. The molecule has 0 aromatic heterocycles. The van der Waals surface area contributed by atoms with E-state index < -0.39 is 5.60 Å². The standard InChI is InChI=1S/C13H23N3O/c1-10-9-16(7-5-6-13(3,4)17)11(2)8-12(10)15-14/h10-11,17H,7-9,14H2,1-4H3/b15-12-. The van der Waals surface area contributed by atoms with E-state index in [-0.39, 0.29) is 0 Å². The van der Waals surface area contributed by atoms with Gasteiger partial charge in [-0.25, -0.2) is 0 Å². The lowest BCUT2D eigenvalue weighted by Crippen LogP contribution is -2.46. The Labute approximate surface area is 104 Å². The van der Waals surface area contributed by atoms with E-state index in [1.165, 1.54) is 0 Å². The summed E-state index contributed by atoms with van der Waals surface area (Å²) in [5.74, 6) is 11.6. The summed E-state index contributed by atoms with van der Waals surface area (Å²) in [5, 5.41) is 13.4. The van der Waals surface area contributed by atoms with Crippen LogP contribution in [0.2, 0.25) is 0 Å². The third-order valence-electron chi connectivity index (χ3n) is 3.05.